The van der Waals surface area contributed by atoms with Gasteiger partial charge in [-0.25, -0.2) is 9.97 Å². The fourth-order valence-electron chi connectivity index (χ4n) is 3.64. The maximum atomic E-state index is 4.80. The van der Waals surface area contributed by atoms with Crippen molar-refractivity contribution in [1.29, 1.82) is 0 Å². The van der Waals surface area contributed by atoms with Crippen LogP contribution < -0.4 is 4.90 Å². The molecular weight excluding hydrogens is 326 g/mol. The third-order valence-corrected chi connectivity index (χ3v) is 6.43. The van der Waals surface area contributed by atoms with Gasteiger partial charge in [0.25, 0.3) is 0 Å². The van der Waals surface area contributed by atoms with Gasteiger partial charge in [-0.1, -0.05) is 34.1 Å². The van der Waals surface area contributed by atoms with Crippen LogP contribution in [0, 0.1) is 11.8 Å². The van der Waals surface area contributed by atoms with Gasteiger partial charge < -0.3 is 4.90 Å². The van der Waals surface area contributed by atoms with Crippen LogP contribution in [-0.4, -0.2) is 23.1 Å². The highest BCUT2D eigenvalue weighted by molar-refractivity contribution is 7.18. The molecule has 0 fully saturated rings. The molecule has 2 aromatic heterocycles. The average molecular weight is 360 g/mol. The van der Waals surface area contributed by atoms with Crippen LogP contribution in [0.2, 0.25) is 0 Å². The van der Waals surface area contributed by atoms with Gasteiger partial charge in [-0.3, -0.25) is 0 Å². The molecule has 1 aliphatic rings. The fourth-order valence-corrected chi connectivity index (χ4v) is 4.87. The van der Waals surface area contributed by atoms with Gasteiger partial charge in [0, 0.05) is 18.0 Å². The zero-order valence-electron chi connectivity index (χ0n) is 16.3. The lowest BCUT2D eigenvalue weighted by atomic mass is 10.1. The van der Waals surface area contributed by atoms with Crippen LogP contribution in [0.25, 0.3) is 10.2 Å². The second-order valence-corrected chi connectivity index (χ2v) is 9.38. The quantitative estimate of drug-likeness (QED) is 0.580. The van der Waals surface area contributed by atoms with Crippen molar-refractivity contribution < 1.29 is 0 Å². The number of fused-ring (bicyclic) bond motifs is 3. The molecule has 0 aliphatic heterocycles. The van der Waals surface area contributed by atoms with Crippen LogP contribution in [0.4, 0.5) is 5.82 Å². The molecule has 3 rings (SSSR count). The topological polar surface area (TPSA) is 29.0 Å². The molecule has 2 aromatic rings. The number of rotatable bonds is 7. The normalized spacial score (nSPS) is 15.0. The second-order valence-electron chi connectivity index (χ2n) is 8.29. The van der Waals surface area contributed by atoms with E-state index >= 15 is 0 Å². The van der Waals surface area contributed by atoms with E-state index < -0.39 is 0 Å². The van der Waals surface area contributed by atoms with Crippen molar-refractivity contribution in [1.82, 2.24) is 9.97 Å². The Labute approximate surface area is 156 Å². The molecule has 0 spiro atoms. The van der Waals surface area contributed by atoms with Crippen LogP contribution in [-0.2, 0) is 12.8 Å². The summed E-state index contributed by atoms with van der Waals surface area (Å²) in [6.45, 7) is 11.4. The van der Waals surface area contributed by atoms with Gasteiger partial charge in [-0.2, -0.15) is 0 Å². The maximum Gasteiger partial charge on any atom is 0.141 e. The molecule has 0 amide bonds. The molecule has 2 heterocycles. The van der Waals surface area contributed by atoms with Crippen LogP contribution in [0.15, 0.2) is 6.33 Å². The summed E-state index contributed by atoms with van der Waals surface area (Å²) in [6, 6.07) is 0. The van der Waals surface area contributed by atoms with Gasteiger partial charge in [0.1, 0.15) is 17.0 Å². The van der Waals surface area contributed by atoms with E-state index in [9.17, 15) is 0 Å². The Balaban J connectivity index is 1.98. The molecule has 0 atom stereocenters. The number of hydrogen-bond acceptors (Lipinski definition) is 4. The van der Waals surface area contributed by atoms with Gasteiger partial charge in [-0.05, 0) is 55.9 Å². The molecule has 0 saturated carbocycles. The Morgan fingerprint density at radius 1 is 0.960 bits per heavy atom. The minimum absolute atomic E-state index is 0.721. The van der Waals surface area contributed by atoms with Crippen LogP contribution in [0.1, 0.15) is 70.2 Å². The molecule has 1 aliphatic carbocycles. The van der Waals surface area contributed by atoms with Crippen LogP contribution in [0.5, 0.6) is 0 Å². The maximum absolute atomic E-state index is 4.80. The zero-order chi connectivity index (χ0) is 17.8. The lowest BCUT2D eigenvalue weighted by Crippen LogP contribution is -2.28. The molecule has 0 aromatic carbocycles. The summed E-state index contributed by atoms with van der Waals surface area (Å²) in [5, 5.41) is 1.37. The number of nitrogens with zero attached hydrogens (tertiary/aromatic N) is 3. The minimum atomic E-state index is 0.721. The van der Waals surface area contributed by atoms with E-state index in [1.54, 1.807) is 16.8 Å². The van der Waals surface area contributed by atoms with Crippen molar-refractivity contribution in [2.45, 2.75) is 72.6 Å². The van der Waals surface area contributed by atoms with Gasteiger partial charge in [0.05, 0.1) is 5.39 Å². The SMILES string of the molecule is CC(C)CCN(CCC(C)C)c1ncnc2sc3c(c12)CCCCC3. The molecule has 0 saturated heterocycles. The van der Waals surface area contributed by atoms with Crippen molar-refractivity contribution in [3.63, 3.8) is 0 Å². The lowest BCUT2D eigenvalue weighted by molar-refractivity contribution is 0.533. The van der Waals surface area contributed by atoms with Crippen molar-refractivity contribution in [2.75, 3.05) is 18.0 Å². The summed E-state index contributed by atoms with van der Waals surface area (Å²) >= 11 is 1.92. The molecule has 0 bridgehead atoms. The molecular formula is C21H33N3S. The first-order chi connectivity index (χ1) is 12.1. The van der Waals surface area contributed by atoms with Gasteiger partial charge in [-0.15, -0.1) is 11.3 Å². The number of aryl methyl sites for hydroxylation is 2. The highest BCUT2D eigenvalue weighted by atomic mass is 32.1. The third kappa shape index (κ3) is 4.52. The molecule has 4 heteroatoms. The predicted molar refractivity (Wildman–Crippen MR) is 110 cm³/mol. The van der Waals surface area contributed by atoms with E-state index in [1.165, 1.54) is 61.0 Å². The Bertz CT molecular complexity index is 678. The standard InChI is InChI=1S/C21H33N3S/c1-15(2)10-12-24(13-11-16(3)4)20-19-17-8-6-5-7-9-18(17)25-21(19)23-14-22-20/h14-16H,5-13H2,1-4H3. The molecule has 3 nitrogen and oxygen atoms in total. The van der Waals surface area contributed by atoms with Gasteiger partial charge in [0.2, 0.25) is 0 Å². The minimum Gasteiger partial charge on any atom is -0.356 e. The van der Waals surface area contributed by atoms with E-state index in [-0.39, 0.29) is 0 Å². The summed E-state index contributed by atoms with van der Waals surface area (Å²) in [5.41, 5.74) is 1.56. The number of thiophene rings is 1. The van der Waals surface area contributed by atoms with E-state index in [2.05, 4.69) is 37.6 Å². The average Bonchev–Trinajstić information content (AvgIpc) is 2.76. The Kier molecular flexibility index (Phi) is 6.32. The number of aromatic nitrogens is 2. The monoisotopic (exact) mass is 359 g/mol. The first-order valence-corrected chi connectivity index (χ1v) is 10.9. The zero-order valence-corrected chi connectivity index (χ0v) is 17.2. The molecule has 25 heavy (non-hydrogen) atoms. The van der Waals surface area contributed by atoms with Crippen molar-refractivity contribution in [3.05, 3.63) is 16.8 Å². The lowest BCUT2D eigenvalue weighted by Gasteiger charge is -2.26. The number of anilines is 1. The van der Waals surface area contributed by atoms with Crippen LogP contribution >= 0.6 is 11.3 Å². The summed E-state index contributed by atoms with van der Waals surface area (Å²) in [6.07, 6.45) is 10.7. The third-order valence-electron chi connectivity index (χ3n) is 5.23. The summed E-state index contributed by atoms with van der Waals surface area (Å²) in [4.78, 5) is 14.7. The first-order valence-electron chi connectivity index (χ1n) is 10.1. The predicted octanol–water partition coefficient (Wildman–Crippen LogP) is 5.86. The van der Waals surface area contributed by atoms with E-state index in [0.717, 1.165) is 24.9 Å². The molecule has 0 radical (unpaired) electrons. The fraction of sp³-hybridized carbons (Fsp3) is 0.714. The summed E-state index contributed by atoms with van der Waals surface area (Å²) in [5.74, 6) is 2.64. The second kappa shape index (κ2) is 8.48. The summed E-state index contributed by atoms with van der Waals surface area (Å²) in [7, 11) is 0. The van der Waals surface area contributed by atoms with Crippen LogP contribution in [0.3, 0.4) is 0 Å². The van der Waals surface area contributed by atoms with Gasteiger partial charge in [0.15, 0.2) is 0 Å². The Morgan fingerprint density at radius 3 is 2.32 bits per heavy atom. The first kappa shape index (κ1) is 18.6. The largest absolute Gasteiger partial charge is 0.356 e. The Hall–Kier alpha value is -1.16. The van der Waals surface area contributed by atoms with E-state index in [0.29, 0.717) is 0 Å². The smallest absolute Gasteiger partial charge is 0.141 e. The van der Waals surface area contributed by atoms with Crippen molar-refractivity contribution in [2.24, 2.45) is 11.8 Å². The molecule has 0 N–H and O–H groups in total. The summed E-state index contributed by atoms with van der Waals surface area (Å²) < 4.78 is 0. The highest BCUT2D eigenvalue weighted by Gasteiger charge is 2.22. The van der Waals surface area contributed by atoms with Crippen molar-refractivity contribution in [3.8, 4) is 0 Å². The van der Waals surface area contributed by atoms with E-state index in [4.69, 9.17) is 4.98 Å². The van der Waals surface area contributed by atoms with Crippen molar-refractivity contribution >= 4 is 27.4 Å². The van der Waals surface area contributed by atoms with E-state index in [1.807, 2.05) is 11.3 Å². The van der Waals surface area contributed by atoms with Gasteiger partial charge >= 0.3 is 0 Å². The number of hydrogen-bond donors (Lipinski definition) is 0. The molecule has 138 valence electrons. The highest BCUT2D eigenvalue weighted by Crippen LogP contribution is 2.38. The molecule has 0 unspecified atom stereocenters. The Morgan fingerprint density at radius 2 is 1.64 bits per heavy atom.